The summed E-state index contributed by atoms with van der Waals surface area (Å²) >= 11 is 5.82. The number of carbonyl (C=O) groups excluding carboxylic acids is 1. The molecule has 0 aromatic heterocycles. The second-order valence-electron chi connectivity index (χ2n) is 8.21. The maximum absolute atomic E-state index is 14.7. The molecule has 4 rings (SSSR count). The average Bonchev–Trinajstić information content (AvgIpc) is 2.82. The monoisotopic (exact) mass is 501 g/mol. The lowest BCUT2D eigenvalue weighted by molar-refractivity contribution is 0.102. The minimum Gasteiger partial charge on any atom is -0.369 e. The Kier molecular flexibility index (Phi) is 6.93. The van der Waals surface area contributed by atoms with E-state index in [-0.39, 0.29) is 10.6 Å². The van der Waals surface area contributed by atoms with E-state index < -0.39 is 21.7 Å². The van der Waals surface area contributed by atoms with Gasteiger partial charge in [-0.2, -0.15) is 4.31 Å². The average molecular weight is 502 g/mol. The summed E-state index contributed by atoms with van der Waals surface area (Å²) in [5.41, 5.74) is 3.67. The molecule has 0 radical (unpaired) electrons. The molecule has 9 heteroatoms. The van der Waals surface area contributed by atoms with Gasteiger partial charge >= 0.3 is 0 Å². The standard InChI is InChI=1S/C25H25ClFN3O3S/c1-17-4-3-5-24(18(17)2)29-12-14-30(15-13-29)34(32,33)21-10-11-23(22(27)16-21)28-25(31)19-6-8-20(26)9-7-19/h3-11,16H,12-15H2,1-2H3,(H,28,31). The molecule has 3 aromatic rings. The molecule has 0 unspecified atom stereocenters. The summed E-state index contributed by atoms with van der Waals surface area (Å²) in [4.78, 5) is 14.4. The fourth-order valence-electron chi connectivity index (χ4n) is 3.95. The van der Waals surface area contributed by atoms with E-state index in [4.69, 9.17) is 11.6 Å². The van der Waals surface area contributed by atoms with Crippen LogP contribution in [0, 0.1) is 19.7 Å². The van der Waals surface area contributed by atoms with Crippen molar-refractivity contribution in [1.82, 2.24) is 4.31 Å². The topological polar surface area (TPSA) is 69.7 Å². The smallest absolute Gasteiger partial charge is 0.255 e. The van der Waals surface area contributed by atoms with Crippen LogP contribution in [0.5, 0.6) is 0 Å². The number of anilines is 2. The van der Waals surface area contributed by atoms with Crippen molar-refractivity contribution < 1.29 is 17.6 Å². The van der Waals surface area contributed by atoms with Crippen LogP contribution < -0.4 is 10.2 Å². The van der Waals surface area contributed by atoms with Crippen LogP contribution in [0.25, 0.3) is 0 Å². The highest BCUT2D eigenvalue weighted by molar-refractivity contribution is 7.89. The van der Waals surface area contributed by atoms with Crippen molar-refractivity contribution in [2.75, 3.05) is 36.4 Å². The van der Waals surface area contributed by atoms with Crippen LogP contribution in [-0.2, 0) is 10.0 Å². The molecule has 0 bridgehead atoms. The van der Waals surface area contributed by atoms with Crippen LogP contribution in [0.15, 0.2) is 65.6 Å². The highest BCUT2D eigenvalue weighted by atomic mass is 35.5. The van der Waals surface area contributed by atoms with E-state index in [2.05, 4.69) is 30.1 Å². The first kappa shape index (κ1) is 24.2. The van der Waals surface area contributed by atoms with Gasteiger partial charge in [-0.05, 0) is 73.5 Å². The number of carbonyl (C=O) groups is 1. The second-order valence-corrected chi connectivity index (χ2v) is 10.6. The van der Waals surface area contributed by atoms with Gasteiger partial charge in [0.2, 0.25) is 10.0 Å². The molecule has 0 saturated carbocycles. The fraction of sp³-hybridized carbons (Fsp3) is 0.240. The van der Waals surface area contributed by atoms with Gasteiger partial charge in [-0.15, -0.1) is 0 Å². The van der Waals surface area contributed by atoms with Gasteiger partial charge in [-0.3, -0.25) is 4.79 Å². The first-order chi connectivity index (χ1) is 16.2. The van der Waals surface area contributed by atoms with Crippen LogP contribution in [0.2, 0.25) is 5.02 Å². The van der Waals surface area contributed by atoms with Crippen molar-refractivity contribution in [1.29, 1.82) is 0 Å². The molecule has 178 valence electrons. The van der Waals surface area contributed by atoms with Gasteiger partial charge < -0.3 is 10.2 Å². The van der Waals surface area contributed by atoms with Crippen molar-refractivity contribution in [2.24, 2.45) is 0 Å². The summed E-state index contributed by atoms with van der Waals surface area (Å²) in [5.74, 6) is -1.34. The zero-order valence-corrected chi connectivity index (χ0v) is 20.5. The Bertz CT molecular complexity index is 1320. The Morgan fingerprint density at radius 1 is 0.971 bits per heavy atom. The highest BCUT2D eigenvalue weighted by Crippen LogP contribution is 2.27. The van der Waals surface area contributed by atoms with Gasteiger partial charge in [0.1, 0.15) is 5.82 Å². The quantitative estimate of drug-likeness (QED) is 0.542. The number of sulfonamides is 1. The van der Waals surface area contributed by atoms with Crippen LogP contribution in [-0.4, -0.2) is 44.8 Å². The minimum atomic E-state index is -3.87. The zero-order valence-electron chi connectivity index (χ0n) is 18.9. The third-order valence-corrected chi connectivity index (χ3v) is 8.23. The molecule has 1 N–H and O–H groups in total. The van der Waals surface area contributed by atoms with Crippen molar-refractivity contribution in [3.63, 3.8) is 0 Å². The lowest BCUT2D eigenvalue weighted by atomic mass is 10.1. The Labute approximate surface area is 204 Å². The fourth-order valence-corrected chi connectivity index (χ4v) is 5.51. The lowest BCUT2D eigenvalue weighted by Crippen LogP contribution is -2.48. The first-order valence-corrected chi connectivity index (χ1v) is 12.7. The third-order valence-electron chi connectivity index (χ3n) is 6.09. The van der Waals surface area contributed by atoms with Crippen molar-refractivity contribution in [2.45, 2.75) is 18.7 Å². The number of nitrogens with one attached hydrogen (secondary N) is 1. The second kappa shape index (κ2) is 9.74. The van der Waals surface area contributed by atoms with E-state index in [1.165, 1.54) is 39.7 Å². The molecular weight excluding hydrogens is 477 g/mol. The summed E-state index contributed by atoms with van der Waals surface area (Å²) in [6, 6.07) is 15.8. The van der Waals surface area contributed by atoms with Crippen molar-refractivity contribution >= 4 is 38.9 Å². The van der Waals surface area contributed by atoms with Gasteiger partial charge in [0, 0.05) is 42.5 Å². The Hall–Kier alpha value is -2.94. The molecule has 1 amide bonds. The number of aryl methyl sites for hydroxylation is 1. The Morgan fingerprint density at radius 2 is 1.65 bits per heavy atom. The maximum atomic E-state index is 14.7. The lowest BCUT2D eigenvalue weighted by Gasteiger charge is -2.36. The third kappa shape index (κ3) is 4.94. The van der Waals surface area contributed by atoms with Gasteiger partial charge in [-0.1, -0.05) is 23.7 Å². The SMILES string of the molecule is Cc1cccc(N2CCN(S(=O)(=O)c3ccc(NC(=O)c4ccc(Cl)cc4)c(F)c3)CC2)c1C. The number of halogens is 2. The molecule has 6 nitrogen and oxygen atoms in total. The largest absolute Gasteiger partial charge is 0.369 e. The van der Waals surface area contributed by atoms with Gasteiger partial charge in [0.25, 0.3) is 5.91 Å². The number of nitrogens with zero attached hydrogens (tertiary/aromatic N) is 2. The van der Waals surface area contributed by atoms with Crippen LogP contribution >= 0.6 is 11.6 Å². The summed E-state index contributed by atoms with van der Waals surface area (Å²) in [7, 11) is -3.87. The van der Waals surface area contributed by atoms with Crippen LogP contribution in [0.1, 0.15) is 21.5 Å². The Morgan fingerprint density at radius 3 is 2.29 bits per heavy atom. The van der Waals surface area contributed by atoms with Crippen molar-refractivity contribution in [3.8, 4) is 0 Å². The normalized spacial score (nSPS) is 14.8. The van der Waals surface area contributed by atoms with Crippen LogP contribution in [0.3, 0.4) is 0 Å². The molecule has 34 heavy (non-hydrogen) atoms. The number of hydrogen-bond acceptors (Lipinski definition) is 4. The molecular formula is C25H25ClFN3O3S. The maximum Gasteiger partial charge on any atom is 0.255 e. The van der Waals surface area contributed by atoms with E-state index in [1.807, 2.05) is 12.1 Å². The van der Waals surface area contributed by atoms with E-state index >= 15 is 0 Å². The van der Waals surface area contributed by atoms with Gasteiger partial charge in [0.05, 0.1) is 10.6 Å². The minimum absolute atomic E-state index is 0.0985. The summed E-state index contributed by atoms with van der Waals surface area (Å²) in [6.45, 7) is 5.79. The molecule has 1 saturated heterocycles. The molecule has 0 aliphatic carbocycles. The number of amides is 1. The molecule has 3 aromatic carbocycles. The highest BCUT2D eigenvalue weighted by Gasteiger charge is 2.29. The van der Waals surface area contributed by atoms with E-state index in [9.17, 15) is 17.6 Å². The predicted octanol–water partition coefficient (Wildman–Crippen LogP) is 4.86. The number of hydrogen-bond donors (Lipinski definition) is 1. The first-order valence-electron chi connectivity index (χ1n) is 10.8. The van der Waals surface area contributed by atoms with Crippen LogP contribution in [0.4, 0.5) is 15.8 Å². The molecule has 0 atom stereocenters. The zero-order chi connectivity index (χ0) is 24.5. The van der Waals surface area contributed by atoms with E-state index in [0.29, 0.717) is 36.8 Å². The summed E-state index contributed by atoms with van der Waals surface area (Å²) < 4.78 is 42.4. The predicted molar refractivity (Wildman–Crippen MR) is 133 cm³/mol. The number of rotatable bonds is 5. The number of benzene rings is 3. The molecule has 1 heterocycles. The van der Waals surface area contributed by atoms with Gasteiger partial charge in [0.15, 0.2) is 0 Å². The molecule has 1 aliphatic heterocycles. The van der Waals surface area contributed by atoms with Crippen molar-refractivity contribution in [3.05, 3.63) is 88.2 Å². The van der Waals surface area contributed by atoms with E-state index in [0.717, 1.165) is 11.8 Å². The summed E-state index contributed by atoms with van der Waals surface area (Å²) in [5, 5.41) is 2.94. The number of piperazine rings is 1. The molecule has 1 fully saturated rings. The molecule has 1 aliphatic rings. The van der Waals surface area contributed by atoms with Gasteiger partial charge in [-0.25, -0.2) is 12.8 Å². The molecule has 0 spiro atoms. The Balaban J connectivity index is 1.45. The van der Waals surface area contributed by atoms with E-state index in [1.54, 1.807) is 12.1 Å². The summed E-state index contributed by atoms with van der Waals surface area (Å²) in [6.07, 6.45) is 0.